The first-order chi connectivity index (χ1) is 14.7. The summed E-state index contributed by atoms with van der Waals surface area (Å²) in [7, 11) is 2.24. The predicted octanol–water partition coefficient (Wildman–Crippen LogP) is 4.92. The van der Waals surface area contributed by atoms with Gasteiger partial charge >= 0.3 is 6.09 Å². The molecule has 2 aliphatic heterocycles. The Kier molecular flexibility index (Phi) is 5.72. The van der Waals surface area contributed by atoms with Gasteiger partial charge < -0.3 is 19.5 Å². The van der Waals surface area contributed by atoms with Crippen LogP contribution in [0.2, 0.25) is 0 Å². The third-order valence-electron chi connectivity index (χ3n) is 7.62. The lowest BCUT2D eigenvalue weighted by molar-refractivity contribution is 0.0467. The van der Waals surface area contributed by atoms with Crippen molar-refractivity contribution in [2.75, 3.05) is 33.3 Å². The largest absolute Gasteiger partial charge is 0.449 e. The van der Waals surface area contributed by atoms with Crippen molar-refractivity contribution < 1.29 is 9.53 Å². The summed E-state index contributed by atoms with van der Waals surface area (Å²) in [5.74, 6) is 0.915. The van der Waals surface area contributed by atoms with Crippen LogP contribution in [-0.4, -0.2) is 60.2 Å². The van der Waals surface area contributed by atoms with Crippen LogP contribution in [0.1, 0.15) is 62.0 Å². The van der Waals surface area contributed by atoms with Gasteiger partial charge in [-0.3, -0.25) is 0 Å². The van der Waals surface area contributed by atoms with Crippen molar-refractivity contribution in [3.63, 3.8) is 0 Å². The van der Waals surface area contributed by atoms with Crippen molar-refractivity contribution in [1.29, 1.82) is 0 Å². The molecule has 1 aromatic heterocycles. The van der Waals surface area contributed by atoms with E-state index in [1.807, 2.05) is 4.90 Å². The second-order valence-electron chi connectivity index (χ2n) is 9.69. The van der Waals surface area contributed by atoms with Crippen molar-refractivity contribution in [1.82, 2.24) is 14.8 Å². The molecule has 3 heterocycles. The van der Waals surface area contributed by atoms with E-state index < -0.39 is 0 Å². The molecule has 30 heavy (non-hydrogen) atoms. The third-order valence-corrected chi connectivity index (χ3v) is 7.62. The number of benzene rings is 1. The fraction of sp³-hybridized carbons (Fsp3) is 0.640. The minimum atomic E-state index is -0.0969. The van der Waals surface area contributed by atoms with Gasteiger partial charge in [0.05, 0.1) is 6.61 Å². The number of H-pyrrole nitrogens is 1. The second kappa shape index (κ2) is 8.62. The van der Waals surface area contributed by atoms with Gasteiger partial charge in [-0.2, -0.15) is 0 Å². The Morgan fingerprint density at radius 2 is 1.90 bits per heavy atom. The Morgan fingerprint density at radius 1 is 1.13 bits per heavy atom. The third kappa shape index (κ3) is 3.84. The van der Waals surface area contributed by atoms with Crippen LogP contribution in [0.3, 0.4) is 0 Å². The van der Waals surface area contributed by atoms with Crippen LogP contribution >= 0.6 is 0 Å². The molecule has 5 heteroatoms. The van der Waals surface area contributed by atoms with Gasteiger partial charge in [0.1, 0.15) is 0 Å². The lowest BCUT2D eigenvalue weighted by Gasteiger charge is -2.45. The number of hydrogen-bond acceptors (Lipinski definition) is 3. The highest BCUT2D eigenvalue weighted by Crippen LogP contribution is 2.44. The van der Waals surface area contributed by atoms with E-state index in [4.69, 9.17) is 4.74 Å². The molecule has 3 aliphatic rings. The van der Waals surface area contributed by atoms with Crippen molar-refractivity contribution in [3.05, 3.63) is 35.5 Å². The van der Waals surface area contributed by atoms with E-state index in [-0.39, 0.29) is 6.09 Å². The van der Waals surface area contributed by atoms with E-state index in [9.17, 15) is 4.79 Å². The maximum atomic E-state index is 12.8. The number of carbonyl (C=O) groups is 1. The quantitative estimate of drug-likeness (QED) is 0.766. The lowest BCUT2D eigenvalue weighted by atomic mass is 9.72. The standard InChI is InChI=1S/C25H35N3O2/c1-27-16-18(17-30-25(29)28-11-6-4-2-3-5-7-12-28)13-21-20-9-8-10-22-24(20)19(15-26-22)14-23(21)27/h8-10,15,18,21,23,26H,2-7,11-14,16-17H2,1H3/t18?,21-,23-/m0/s1. The zero-order chi connectivity index (χ0) is 20.5. The minimum absolute atomic E-state index is 0.0969. The van der Waals surface area contributed by atoms with E-state index in [2.05, 4.69) is 41.3 Å². The van der Waals surface area contributed by atoms with Crippen LogP contribution in [0, 0.1) is 5.92 Å². The van der Waals surface area contributed by atoms with Gasteiger partial charge in [0.2, 0.25) is 0 Å². The summed E-state index contributed by atoms with van der Waals surface area (Å²) in [6.07, 6.45) is 11.6. The maximum absolute atomic E-state index is 12.8. The number of nitrogens with one attached hydrogen (secondary N) is 1. The highest BCUT2D eigenvalue weighted by molar-refractivity contribution is 5.88. The molecule has 0 saturated carbocycles. The number of piperidine rings is 1. The summed E-state index contributed by atoms with van der Waals surface area (Å²) in [5.41, 5.74) is 4.18. The van der Waals surface area contributed by atoms with Gasteiger partial charge in [0, 0.05) is 54.6 Å². The number of amides is 1. The molecule has 2 saturated heterocycles. The van der Waals surface area contributed by atoms with Crippen LogP contribution in [-0.2, 0) is 11.2 Å². The number of hydrogen-bond donors (Lipinski definition) is 1. The first-order valence-electron chi connectivity index (χ1n) is 11.9. The molecule has 2 fully saturated rings. The Bertz CT molecular complexity index is 882. The van der Waals surface area contributed by atoms with E-state index in [1.54, 1.807) is 0 Å². The van der Waals surface area contributed by atoms with Crippen molar-refractivity contribution in [2.45, 2.75) is 63.3 Å². The number of rotatable bonds is 2. The molecule has 1 N–H and O–H groups in total. The van der Waals surface area contributed by atoms with E-state index in [0.717, 1.165) is 45.3 Å². The fourth-order valence-electron chi connectivity index (χ4n) is 6.06. The molecular formula is C25H35N3O2. The monoisotopic (exact) mass is 409 g/mol. The Morgan fingerprint density at radius 3 is 2.70 bits per heavy atom. The van der Waals surface area contributed by atoms with Crippen LogP contribution in [0.5, 0.6) is 0 Å². The number of carbonyl (C=O) groups excluding carboxylic acids is 1. The number of fused-ring (bicyclic) bond motifs is 2. The molecule has 1 aliphatic carbocycles. The van der Waals surface area contributed by atoms with Gasteiger partial charge in [0.25, 0.3) is 0 Å². The normalized spacial score (nSPS) is 27.8. The number of aromatic nitrogens is 1. The zero-order valence-electron chi connectivity index (χ0n) is 18.2. The molecule has 0 radical (unpaired) electrons. The Hall–Kier alpha value is -2.01. The average Bonchev–Trinajstić information content (AvgIpc) is 3.22. The van der Waals surface area contributed by atoms with Crippen molar-refractivity contribution in [2.24, 2.45) is 5.92 Å². The smallest absolute Gasteiger partial charge is 0.409 e. The van der Waals surface area contributed by atoms with Gasteiger partial charge in [-0.25, -0.2) is 4.79 Å². The Labute approximate surface area is 179 Å². The molecular weight excluding hydrogens is 374 g/mol. The summed E-state index contributed by atoms with van der Waals surface area (Å²) in [4.78, 5) is 20.7. The highest BCUT2D eigenvalue weighted by atomic mass is 16.6. The van der Waals surface area contributed by atoms with Crippen molar-refractivity contribution in [3.8, 4) is 0 Å². The van der Waals surface area contributed by atoms with Crippen LogP contribution < -0.4 is 0 Å². The number of ether oxygens (including phenoxy) is 1. The molecule has 0 spiro atoms. The van der Waals surface area contributed by atoms with Crippen LogP contribution in [0.4, 0.5) is 4.79 Å². The molecule has 1 unspecified atom stereocenters. The fourth-order valence-corrected chi connectivity index (χ4v) is 6.06. The first kappa shape index (κ1) is 19.9. The van der Waals surface area contributed by atoms with Crippen molar-refractivity contribution >= 4 is 17.0 Å². The minimum Gasteiger partial charge on any atom is -0.449 e. The summed E-state index contributed by atoms with van der Waals surface area (Å²) < 4.78 is 5.87. The second-order valence-corrected chi connectivity index (χ2v) is 9.69. The van der Waals surface area contributed by atoms with Gasteiger partial charge in [-0.05, 0) is 49.9 Å². The van der Waals surface area contributed by atoms with Crippen LogP contribution in [0.25, 0.3) is 10.9 Å². The molecule has 1 amide bonds. The van der Waals surface area contributed by atoms with Gasteiger partial charge in [0.15, 0.2) is 0 Å². The summed E-state index contributed by atoms with van der Waals surface area (Å²) >= 11 is 0. The van der Waals surface area contributed by atoms with E-state index in [0.29, 0.717) is 24.5 Å². The SMILES string of the molecule is CN1CC(COC(=O)N2CCCCCCCC2)C[C@H]2c3cccc4[nH]cc(c34)C[C@@H]21. The van der Waals surface area contributed by atoms with Gasteiger partial charge in [-0.1, -0.05) is 37.8 Å². The summed E-state index contributed by atoms with van der Waals surface area (Å²) in [6.45, 7) is 3.25. The van der Waals surface area contributed by atoms with Crippen LogP contribution in [0.15, 0.2) is 24.4 Å². The average molecular weight is 410 g/mol. The first-order valence-corrected chi connectivity index (χ1v) is 11.9. The summed E-state index contributed by atoms with van der Waals surface area (Å²) in [6, 6.07) is 7.21. The number of nitrogens with zero attached hydrogens (tertiary/aromatic N) is 2. The predicted molar refractivity (Wildman–Crippen MR) is 120 cm³/mol. The summed E-state index contributed by atoms with van der Waals surface area (Å²) in [5, 5.41) is 1.43. The molecule has 5 nitrogen and oxygen atoms in total. The Balaban J connectivity index is 1.25. The maximum Gasteiger partial charge on any atom is 0.409 e. The molecule has 2 aromatic rings. The molecule has 3 atom stereocenters. The lowest BCUT2D eigenvalue weighted by Crippen LogP contribution is -2.49. The number of likely N-dealkylation sites (tertiary alicyclic amines) is 1. The van der Waals surface area contributed by atoms with E-state index in [1.165, 1.54) is 47.7 Å². The van der Waals surface area contributed by atoms with Gasteiger partial charge in [-0.15, -0.1) is 0 Å². The van der Waals surface area contributed by atoms with E-state index >= 15 is 0 Å². The highest BCUT2D eigenvalue weighted by Gasteiger charge is 2.39. The molecule has 0 bridgehead atoms. The number of aromatic amines is 1. The molecule has 1 aromatic carbocycles. The topological polar surface area (TPSA) is 48.6 Å². The zero-order valence-corrected chi connectivity index (χ0v) is 18.2. The number of likely N-dealkylation sites (N-methyl/N-ethyl adjacent to an activating group) is 1. The molecule has 162 valence electrons. The molecule has 5 rings (SSSR count).